The Morgan fingerprint density at radius 3 is 2.76 bits per heavy atom. The van der Waals surface area contributed by atoms with E-state index in [1.165, 1.54) is 0 Å². The van der Waals surface area contributed by atoms with Crippen LogP contribution in [0.25, 0.3) is 10.9 Å². The number of carbonyl (C=O) groups excluding carboxylic acids is 1. The number of benzene rings is 1. The van der Waals surface area contributed by atoms with Crippen molar-refractivity contribution in [2.24, 2.45) is 11.5 Å². The van der Waals surface area contributed by atoms with E-state index in [-0.39, 0.29) is 29.3 Å². The van der Waals surface area contributed by atoms with E-state index >= 15 is 0 Å². The summed E-state index contributed by atoms with van der Waals surface area (Å²) < 4.78 is 21.9. The van der Waals surface area contributed by atoms with Crippen LogP contribution in [0.1, 0.15) is 48.7 Å². The first-order valence-corrected chi connectivity index (χ1v) is 11.7. The Morgan fingerprint density at radius 2 is 2.06 bits per heavy atom. The number of nitrogens with one attached hydrogen (secondary N) is 2. The number of halogens is 1. The number of carbonyl (C=O) groups is 1. The molecular formula is C24H32FN7O2. The summed E-state index contributed by atoms with van der Waals surface area (Å²) in [5.41, 5.74) is 14.3. The fourth-order valence-electron chi connectivity index (χ4n) is 4.46. The van der Waals surface area contributed by atoms with Crippen molar-refractivity contribution in [3.63, 3.8) is 0 Å². The molecule has 182 valence electrons. The van der Waals surface area contributed by atoms with Crippen LogP contribution < -0.4 is 22.1 Å². The normalized spacial score (nSPS) is 18.2. The van der Waals surface area contributed by atoms with Gasteiger partial charge in [0.25, 0.3) is 5.91 Å². The topological polar surface area (TPSA) is 133 Å². The van der Waals surface area contributed by atoms with Gasteiger partial charge in [-0.25, -0.2) is 9.37 Å². The second kappa shape index (κ2) is 10.4. The molecule has 0 radical (unpaired) electrons. The average Bonchev–Trinajstić information content (AvgIpc) is 3.17. The number of rotatable bonds is 9. The number of amides is 1. The monoisotopic (exact) mass is 469 g/mol. The summed E-state index contributed by atoms with van der Waals surface area (Å²) in [7, 11) is 1.66. The second-order valence-electron chi connectivity index (χ2n) is 8.65. The summed E-state index contributed by atoms with van der Waals surface area (Å²) in [4.78, 5) is 16.4. The predicted octanol–water partition coefficient (Wildman–Crippen LogP) is 3.30. The van der Waals surface area contributed by atoms with Crippen molar-refractivity contribution in [1.82, 2.24) is 14.8 Å². The number of pyridine rings is 1. The fourth-order valence-corrected chi connectivity index (χ4v) is 4.46. The van der Waals surface area contributed by atoms with E-state index in [0.717, 1.165) is 54.8 Å². The van der Waals surface area contributed by atoms with Crippen molar-refractivity contribution in [1.29, 1.82) is 0 Å². The van der Waals surface area contributed by atoms with E-state index in [9.17, 15) is 9.18 Å². The van der Waals surface area contributed by atoms with Crippen molar-refractivity contribution in [2.75, 3.05) is 24.4 Å². The van der Waals surface area contributed by atoms with Gasteiger partial charge in [-0.2, -0.15) is 5.10 Å². The Balaban J connectivity index is 1.67. The number of primary amides is 1. The number of aromatic nitrogens is 3. The first kappa shape index (κ1) is 23.9. The summed E-state index contributed by atoms with van der Waals surface area (Å²) in [6.07, 6.45) is 4.56. The number of anilines is 3. The van der Waals surface area contributed by atoms with Crippen LogP contribution in [0.4, 0.5) is 21.7 Å². The van der Waals surface area contributed by atoms with E-state index in [1.54, 1.807) is 7.11 Å². The predicted molar refractivity (Wildman–Crippen MR) is 131 cm³/mol. The molecule has 3 aromatic rings. The largest absolute Gasteiger partial charge is 0.383 e. The summed E-state index contributed by atoms with van der Waals surface area (Å²) in [5, 5.41) is 12.0. The van der Waals surface area contributed by atoms with Gasteiger partial charge < -0.3 is 26.8 Å². The third kappa shape index (κ3) is 4.97. The van der Waals surface area contributed by atoms with Gasteiger partial charge in [-0.1, -0.05) is 19.8 Å². The number of nitrogens with zero attached hydrogens (tertiary/aromatic N) is 3. The van der Waals surface area contributed by atoms with Crippen LogP contribution in [0.3, 0.4) is 0 Å². The first-order chi connectivity index (χ1) is 16.4. The van der Waals surface area contributed by atoms with E-state index < -0.39 is 11.7 Å². The van der Waals surface area contributed by atoms with Crippen LogP contribution in [-0.4, -0.2) is 46.5 Å². The minimum Gasteiger partial charge on any atom is -0.383 e. The van der Waals surface area contributed by atoms with Crippen molar-refractivity contribution in [3.05, 3.63) is 41.3 Å². The molecule has 0 unspecified atom stereocenters. The lowest BCUT2D eigenvalue weighted by Gasteiger charge is -2.30. The fraction of sp³-hybridized carbons (Fsp3) is 0.458. The Morgan fingerprint density at radius 1 is 1.26 bits per heavy atom. The van der Waals surface area contributed by atoms with Crippen molar-refractivity contribution < 1.29 is 13.9 Å². The van der Waals surface area contributed by atoms with E-state index in [2.05, 4.69) is 20.7 Å². The molecule has 2 atom stereocenters. The van der Waals surface area contributed by atoms with Crippen LogP contribution in [-0.2, 0) is 17.7 Å². The third-order valence-corrected chi connectivity index (χ3v) is 6.31. The average molecular weight is 470 g/mol. The number of aryl methyl sites for hydroxylation is 1. The molecule has 1 amide bonds. The highest BCUT2D eigenvalue weighted by Crippen LogP contribution is 2.29. The lowest BCUT2D eigenvalue weighted by molar-refractivity contribution is 0.100. The molecule has 34 heavy (non-hydrogen) atoms. The van der Waals surface area contributed by atoms with E-state index in [0.29, 0.717) is 18.8 Å². The molecule has 1 aliphatic carbocycles. The van der Waals surface area contributed by atoms with Crippen molar-refractivity contribution in [2.45, 2.75) is 57.7 Å². The van der Waals surface area contributed by atoms with Crippen LogP contribution in [0, 0.1) is 5.82 Å². The van der Waals surface area contributed by atoms with E-state index in [4.69, 9.17) is 16.2 Å². The first-order valence-electron chi connectivity index (χ1n) is 11.7. The molecule has 0 saturated heterocycles. The summed E-state index contributed by atoms with van der Waals surface area (Å²) in [6, 6.07) is 6.73. The standard InChI is InChI=1S/C24H32FN7O2/c1-3-19-15-12-14(8-9-21(15)32(31-19)10-11-34-2)28-23-16(22(27)33)13-17(25)24(30-23)29-20-7-5-4-6-18(20)26/h8-9,12-13,18,20H,3-7,10-11,26H2,1-2H3,(H2,27,33)(H2,28,29,30)/t18-,20+/m0/s1. The van der Waals surface area contributed by atoms with Gasteiger partial charge >= 0.3 is 0 Å². The maximum atomic E-state index is 14.8. The molecule has 4 rings (SSSR count). The number of methoxy groups -OCH3 is 1. The van der Waals surface area contributed by atoms with Crippen molar-refractivity contribution in [3.8, 4) is 0 Å². The zero-order valence-electron chi connectivity index (χ0n) is 19.6. The highest BCUT2D eigenvalue weighted by Gasteiger charge is 2.24. The third-order valence-electron chi connectivity index (χ3n) is 6.31. The molecule has 9 nitrogen and oxygen atoms in total. The lowest BCUT2D eigenvalue weighted by Crippen LogP contribution is -2.43. The van der Waals surface area contributed by atoms with Gasteiger partial charge in [0.1, 0.15) is 5.82 Å². The highest BCUT2D eigenvalue weighted by molar-refractivity contribution is 5.99. The number of ether oxygens (including phenoxy) is 1. The van der Waals surface area contributed by atoms with E-state index in [1.807, 2.05) is 29.8 Å². The number of fused-ring (bicyclic) bond motifs is 1. The Labute approximate surface area is 198 Å². The van der Waals surface area contributed by atoms with Crippen molar-refractivity contribution >= 4 is 34.1 Å². The van der Waals surface area contributed by atoms with Gasteiger partial charge in [-0.05, 0) is 43.5 Å². The molecule has 1 saturated carbocycles. The lowest BCUT2D eigenvalue weighted by atomic mass is 9.91. The molecule has 6 N–H and O–H groups in total. The quantitative estimate of drug-likeness (QED) is 0.378. The molecule has 10 heteroatoms. The SMILES string of the molecule is CCc1nn(CCOC)c2ccc(Nc3nc(N[C@@H]4CCCC[C@@H]4N)c(F)cc3C(N)=O)cc12. The van der Waals surface area contributed by atoms with Gasteiger partial charge in [0.05, 0.1) is 29.9 Å². The maximum Gasteiger partial charge on any atom is 0.252 e. The maximum absolute atomic E-state index is 14.8. The van der Waals surface area contributed by atoms with Crippen LogP contribution in [0.15, 0.2) is 24.3 Å². The summed E-state index contributed by atoms with van der Waals surface area (Å²) in [6.45, 7) is 3.24. The molecule has 2 heterocycles. The summed E-state index contributed by atoms with van der Waals surface area (Å²) in [5.74, 6) is -1.17. The molecule has 0 aliphatic heterocycles. The Hall–Kier alpha value is -3.24. The molecule has 0 spiro atoms. The Kier molecular flexibility index (Phi) is 7.28. The molecule has 1 fully saturated rings. The number of hydrogen-bond donors (Lipinski definition) is 4. The summed E-state index contributed by atoms with van der Waals surface area (Å²) >= 11 is 0. The number of nitrogens with two attached hydrogens (primary N) is 2. The van der Waals surface area contributed by atoms with Gasteiger partial charge in [0.2, 0.25) is 0 Å². The van der Waals surface area contributed by atoms with Gasteiger partial charge in [-0.3, -0.25) is 9.48 Å². The zero-order chi connectivity index (χ0) is 24.2. The van der Waals surface area contributed by atoms with Gasteiger partial charge in [-0.15, -0.1) is 0 Å². The molecule has 1 aromatic carbocycles. The molecule has 0 bridgehead atoms. The van der Waals surface area contributed by atoms with Crippen LogP contribution in [0.2, 0.25) is 0 Å². The molecule has 1 aliphatic rings. The van der Waals surface area contributed by atoms with Crippen LogP contribution in [0.5, 0.6) is 0 Å². The Bertz CT molecular complexity index is 1180. The second-order valence-corrected chi connectivity index (χ2v) is 8.65. The highest BCUT2D eigenvalue weighted by atomic mass is 19.1. The zero-order valence-corrected chi connectivity index (χ0v) is 19.6. The van der Waals surface area contributed by atoms with Gasteiger partial charge in [0, 0.05) is 30.3 Å². The van der Waals surface area contributed by atoms with Gasteiger partial charge in [0.15, 0.2) is 11.6 Å². The number of hydrogen-bond acceptors (Lipinski definition) is 7. The molecular weight excluding hydrogens is 437 g/mol. The minimum absolute atomic E-state index is 0.0254. The molecule has 2 aromatic heterocycles. The van der Waals surface area contributed by atoms with Crippen LogP contribution >= 0.6 is 0 Å². The minimum atomic E-state index is -0.766. The smallest absolute Gasteiger partial charge is 0.252 e.